The first kappa shape index (κ1) is 16.3. The molecule has 1 fully saturated rings. The van der Waals surface area contributed by atoms with Gasteiger partial charge < -0.3 is 9.84 Å². The van der Waals surface area contributed by atoms with Crippen molar-refractivity contribution in [1.82, 2.24) is 4.31 Å². The Kier molecular flexibility index (Phi) is 4.68. The monoisotopic (exact) mass is 324 g/mol. The lowest BCUT2D eigenvalue weighted by molar-refractivity contribution is 0.0265. The average molecular weight is 324 g/mol. The second-order valence-corrected chi connectivity index (χ2v) is 6.88. The van der Waals surface area contributed by atoms with E-state index in [1.54, 1.807) is 19.1 Å². The van der Waals surface area contributed by atoms with E-state index in [0.29, 0.717) is 17.3 Å². The van der Waals surface area contributed by atoms with E-state index in [1.807, 2.05) is 6.07 Å². The Bertz CT molecular complexity index is 693. The normalized spacial score (nSPS) is 21.8. The number of nitrogens with zero attached hydrogens (tertiary/aromatic N) is 2. The van der Waals surface area contributed by atoms with Crippen molar-refractivity contribution < 1.29 is 23.1 Å². The van der Waals surface area contributed by atoms with Gasteiger partial charge in [-0.1, -0.05) is 17.7 Å². The highest BCUT2D eigenvalue weighted by Crippen LogP contribution is 2.26. The fourth-order valence-electron chi connectivity index (χ4n) is 2.35. The largest absolute Gasteiger partial charge is 0.464 e. The number of benzene rings is 1. The number of nitriles is 1. The molecule has 1 aromatic rings. The maximum atomic E-state index is 12.6. The zero-order chi connectivity index (χ0) is 16.3. The number of carboxylic acid groups (broad SMARTS) is 1. The zero-order valence-corrected chi connectivity index (χ0v) is 12.8. The molecule has 0 unspecified atom stereocenters. The summed E-state index contributed by atoms with van der Waals surface area (Å²) >= 11 is 0. The molecule has 0 aliphatic carbocycles. The first-order valence-electron chi connectivity index (χ1n) is 6.69. The summed E-state index contributed by atoms with van der Waals surface area (Å²) in [6.07, 6.45) is -1.31. The highest BCUT2D eigenvalue weighted by atomic mass is 32.2. The van der Waals surface area contributed by atoms with Crippen LogP contribution in [0, 0.1) is 24.2 Å². The third-order valence-corrected chi connectivity index (χ3v) is 5.37. The van der Waals surface area contributed by atoms with Crippen molar-refractivity contribution in [2.75, 3.05) is 13.2 Å². The molecule has 22 heavy (non-hydrogen) atoms. The first-order valence-corrected chi connectivity index (χ1v) is 8.13. The molecule has 2 rings (SSSR count). The highest BCUT2D eigenvalue weighted by Gasteiger charge is 2.41. The van der Waals surface area contributed by atoms with Crippen molar-refractivity contribution in [2.24, 2.45) is 5.92 Å². The van der Waals surface area contributed by atoms with E-state index in [1.165, 1.54) is 12.1 Å². The van der Waals surface area contributed by atoms with Gasteiger partial charge in [0.15, 0.2) is 0 Å². The summed E-state index contributed by atoms with van der Waals surface area (Å²) in [5, 5.41) is 18.5. The van der Waals surface area contributed by atoms with E-state index in [-0.39, 0.29) is 11.5 Å². The van der Waals surface area contributed by atoms with Crippen LogP contribution in [0.5, 0.6) is 0 Å². The van der Waals surface area contributed by atoms with Crippen molar-refractivity contribution in [1.29, 1.82) is 5.26 Å². The smallest absolute Gasteiger partial charge is 0.421 e. The lowest BCUT2D eigenvalue weighted by Crippen LogP contribution is -2.51. The minimum absolute atomic E-state index is 0.115. The maximum absolute atomic E-state index is 12.6. The number of sulfonamides is 1. The van der Waals surface area contributed by atoms with Gasteiger partial charge in [-0.25, -0.2) is 13.2 Å². The van der Waals surface area contributed by atoms with Crippen LogP contribution in [-0.2, 0) is 14.8 Å². The van der Waals surface area contributed by atoms with Gasteiger partial charge in [0, 0.05) is 6.61 Å². The molecular formula is C14H16N2O5S. The summed E-state index contributed by atoms with van der Waals surface area (Å²) in [4.78, 5) is 11.4. The number of ether oxygens (including phenoxy) is 1. The molecule has 1 aliphatic heterocycles. The molecule has 7 nitrogen and oxygen atoms in total. The summed E-state index contributed by atoms with van der Waals surface area (Å²) in [5.41, 5.74) is 0.858. The van der Waals surface area contributed by atoms with Gasteiger partial charge in [-0.05, 0) is 25.5 Å². The van der Waals surface area contributed by atoms with Crippen LogP contribution in [0.25, 0.3) is 0 Å². The van der Waals surface area contributed by atoms with Gasteiger partial charge in [0.2, 0.25) is 0 Å². The van der Waals surface area contributed by atoms with Crippen LogP contribution in [0.15, 0.2) is 29.2 Å². The highest BCUT2D eigenvalue weighted by molar-refractivity contribution is 7.89. The van der Waals surface area contributed by atoms with E-state index in [2.05, 4.69) is 0 Å². The summed E-state index contributed by atoms with van der Waals surface area (Å²) in [7, 11) is -4.26. The van der Waals surface area contributed by atoms with Crippen LogP contribution in [-0.4, -0.2) is 43.2 Å². The molecule has 118 valence electrons. The molecule has 1 N–H and O–H groups in total. The van der Waals surface area contributed by atoms with E-state index < -0.39 is 28.1 Å². The number of hydrogen-bond acceptors (Lipinski definition) is 5. The first-order chi connectivity index (χ1) is 10.4. The Morgan fingerprint density at radius 3 is 2.59 bits per heavy atom. The third-order valence-electron chi connectivity index (χ3n) is 3.56. The number of amides is 1. The zero-order valence-electron chi connectivity index (χ0n) is 12.0. The molecule has 0 spiro atoms. The lowest BCUT2D eigenvalue weighted by atomic mass is 9.97. The Balaban J connectivity index is 2.44. The quantitative estimate of drug-likeness (QED) is 0.904. The van der Waals surface area contributed by atoms with Crippen LogP contribution in [0.1, 0.15) is 12.0 Å². The molecular weight excluding hydrogens is 308 g/mol. The molecule has 8 heteroatoms. The number of hydrogen-bond donors (Lipinski definition) is 1. The summed E-state index contributed by atoms with van der Waals surface area (Å²) < 4.78 is 30.8. The standard InChI is InChI=1S/C14H16N2O5S/c1-10-2-4-12(5-3-10)22(19,20)16(14(17)18)13-9-21-7-6-11(13)8-15/h2-5,11,13H,6-7,9H2,1H3,(H,17,18)/t11-,13+/m0/s1. The fraction of sp³-hybridized carbons (Fsp3) is 0.429. The van der Waals surface area contributed by atoms with Gasteiger partial charge in [-0.15, -0.1) is 0 Å². The molecule has 1 heterocycles. The summed E-state index contributed by atoms with van der Waals surface area (Å²) in [6.45, 7) is 1.99. The van der Waals surface area contributed by atoms with Crippen molar-refractivity contribution in [3.05, 3.63) is 29.8 Å². The van der Waals surface area contributed by atoms with E-state index in [0.717, 1.165) is 5.56 Å². The Hall–Kier alpha value is -2.11. The van der Waals surface area contributed by atoms with Crippen LogP contribution in [0.3, 0.4) is 0 Å². The van der Waals surface area contributed by atoms with Crippen molar-refractivity contribution >= 4 is 16.1 Å². The Morgan fingerprint density at radius 1 is 1.41 bits per heavy atom. The van der Waals surface area contributed by atoms with E-state index >= 15 is 0 Å². The van der Waals surface area contributed by atoms with Gasteiger partial charge >= 0.3 is 6.09 Å². The van der Waals surface area contributed by atoms with Crippen LogP contribution in [0.2, 0.25) is 0 Å². The Labute approximate surface area is 128 Å². The van der Waals surface area contributed by atoms with E-state index in [4.69, 9.17) is 10.00 Å². The minimum atomic E-state index is -4.26. The SMILES string of the molecule is Cc1ccc(S(=O)(=O)N(C(=O)O)[C@@H]2COCC[C@H]2C#N)cc1. The Morgan fingerprint density at radius 2 is 2.05 bits per heavy atom. The predicted molar refractivity (Wildman–Crippen MR) is 76.6 cm³/mol. The summed E-state index contributed by atoms with van der Waals surface area (Å²) in [6, 6.07) is 6.82. The second-order valence-electron chi connectivity index (χ2n) is 5.06. The van der Waals surface area contributed by atoms with Crippen molar-refractivity contribution in [2.45, 2.75) is 24.3 Å². The molecule has 1 aliphatic rings. The van der Waals surface area contributed by atoms with Crippen molar-refractivity contribution in [3.8, 4) is 6.07 Å². The number of rotatable bonds is 3. The summed E-state index contributed by atoms with van der Waals surface area (Å²) in [5.74, 6) is -0.718. The van der Waals surface area contributed by atoms with Gasteiger partial charge in [0.05, 0.1) is 29.5 Å². The molecule has 0 radical (unpaired) electrons. The molecule has 0 bridgehead atoms. The van der Waals surface area contributed by atoms with Gasteiger partial charge in [-0.3, -0.25) is 0 Å². The van der Waals surface area contributed by atoms with Crippen molar-refractivity contribution in [3.63, 3.8) is 0 Å². The van der Waals surface area contributed by atoms with Gasteiger partial charge in [0.1, 0.15) is 0 Å². The number of carbonyl (C=O) groups is 1. The topological polar surface area (TPSA) is 108 Å². The molecule has 1 amide bonds. The van der Waals surface area contributed by atoms with E-state index in [9.17, 15) is 18.3 Å². The van der Waals surface area contributed by atoms with Crippen LogP contribution < -0.4 is 0 Å². The van der Waals surface area contributed by atoms with Crippen LogP contribution >= 0.6 is 0 Å². The molecule has 0 aromatic heterocycles. The lowest BCUT2D eigenvalue weighted by Gasteiger charge is -2.34. The average Bonchev–Trinajstić information content (AvgIpc) is 2.47. The minimum Gasteiger partial charge on any atom is -0.464 e. The van der Waals surface area contributed by atoms with Crippen LogP contribution in [0.4, 0.5) is 4.79 Å². The molecule has 1 saturated heterocycles. The van der Waals surface area contributed by atoms with Gasteiger partial charge in [-0.2, -0.15) is 9.57 Å². The third kappa shape index (κ3) is 3.05. The van der Waals surface area contributed by atoms with Gasteiger partial charge in [0.25, 0.3) is 10.0 Å². The molecule has 2 atom stereocenters. The fourth-order valence-corrected chi connectivity index (χ4v) is 3.83. The predicted octanol–water partition coefficient (Wildman–Crippen LogP) is 1.59. The molecule has 0 saturated carbocycles. The number of aryl methyl sites for hydroxylation is 1. The molecule has 1 aromatic carbocycles. The maximum Gasteiger partial charge on any atom is 0.421 e. The second kappa shape index (κ2) is 6.34.